The molecule has 0 heterocycles. The first-order chi connectivity index (χ1) is 9.19. The largest absolute Gasteiger partial charge is 0.444 e. The van der Waals surface area contributed by atoms with Crippen molar-refractivity contribution in [3.63, 3.8) is 0 Å². The van der Waals surface area contributed by atoms with E-state index in [9.17, 15) is 19.3 Å². The minimum Gasteiger partial charge on any atom is -0.444 e. The van der Waals surface area contributed by atoms with Crippen LogP contribution in [0, 0.1) is 15.9 Å². The van der Waals surface area contributed by atoms with Crippen LogP contribution in [0.5, 0.6) is 0 Å². The minimum absolute atomic E-state index is 0.0510. The van der Waals surface area contributed by atoms with Gasteiger partial charge in [0.05, 0.1) is 0 Å². The number of halogens is 1. The maximum Gasteiger partial charge on any atom is 0.408 e. The lowest BCUT2D eigenvalue weighted by Crippen LogP contribution is -2.37. The summed E-state index contributed by atoms with van der Waals surface area (Å²) in [4.78, 5) is 21.7. The molecule has 0 fully saturated rings. The van der Waals surface area contributed by atoms with E-state index in [0.29, 0.717) is 0 Å². The van der Waals surface area contributed by atoms with E-state index in [4.69, 9.17) is 4.74 Å². The van der Waals surface area contributed by atoms with Crippen molar-refractivity contribution in [3.05, 3.63) is 45.8 Å². The Kier molecular flexibility index (Phi) is 5.01. The normalized spacial score (nSPS) is 12.6. The molecule has 1 rings (SSSR count). The molecule has 0 radical (unpaired) electrons. The van der Waals surface area contributed by atoms with E-state index in [1.807, 2.05) is 0 Å². The van der Waals surface area contributed by atoms with E-state index in [2.05, 4.69) is 5.32 Å². The molecule has 0 saturated carbocycles. The molecule has 6 nitrogen and oxygen atoms in total. The number of carbonyl (C=O) groups is 1. The number of ether oxygens (including phenoxy) is 1. The molecule has 0 bridgehead atoms. The molecule has 1 N–H and O–H groups in total. The third-order valence-electron chi connectivity index (χ3n) is 2.30. The average Bonchev–Trinajstić information content (AvgIpc) is 2.25. The molecule has 1 unspecified atom stereocenters. The zero-order chi connectivity index (χ0) is 15.3. The van der Waals surface area contributed by atoms with Gasteiger partial charge in [-0.2, -0.15) is 0 Å². The highest BCUT2D eigenvalue weighted by atomic mass is 19.1. The Balaban J connectivity index is 2.88. The summed E-state index contributed by atoms with van der Waals surface area (Å²) in [6, 6.07) is 4.50. The highest BCUT2D eigenvalue weighted by Gasteiger charge is 2.25. The van der Waals surface area contributed by atoms with Gasteiger partial charge in [0.2, 0.25) is 6.54 Å². The van der Waals surface area contributed by atoms with E-state index < -0.39 is 35.0 Å². The third-order valence-corrected chi connectivity index (χ3v) is 2.30. The molecule has 0 aliphatic carbocycles. The molecule has 0 spiro atoms. The summed E-state index contributed by atoms with van der Waals surface area (Å²) in [5.41, 5.74) is -0.687. The maximum absolute atomic E-state index is 13.7. The van der Waals surface area contributed by atoms with Crippen molar-refractivity contribution in [1.82, 2.24) is 5.32 Å². The van der Waals surface area contributed by atoms with Crippen molar-refractivity contribution in [2.75, 3.05) is 6.54 Å². The van der Waals surface area contributed by atoms with E-state index >= 15 is 0 Å². The first-order valence-corrected chi connectivity index (χ1v) is 6.05. The van der Waals surface area contributed by atoms with Gasteiger partial charge in [0.1, 0.15) is 17.5 Å². The summed E-state index contributed by atoms with van der Waals surface area (Å²) >= 11 is 0. The summed E-state index contributed by atoms with van der Waals surface area (Å²) in [6.07, 6.45) is -0.826. The van der Waals surface area contributed by atoms with Crippen LogP contribution in [0.15, 0.2) is 24.3 Å². The fraction of sp³-hybridized carbons (Fsp3) is 0.462. The van der Waals surface area contributed by atoms with Crippen molar-refractivity contribution in [3.8, 4) is 0 Å². The molecule has 0 saturated heterocycles. The van der Waals surface area contributed by atoms with Crippen LogP contribution >= 0.6 is 0 Å². The van der Waals surface area contributed by atoms with Crippen LogP contribution in [0.4, 0.5) is 9.18 Å². The molecule has 0 aliphatic heterocycles. The second kappa shape index (κ2) is 6.31. The van der Waals surface area contributed by atoms with Gasteiger partial charge in [-0.05, 0) is 26.8 Å². The number of nitro groups is 1. The number of benzene rings is 1. The van der Waals surface area contributed by atoms with Gasteiger partial charge in [0.15, 0.2) is 0 Å². The monoisotopic (exact) mass is 284 g/mol. The smallest absolute Gasteiger partial charge is 0.408 e. The highest BCUT2D eigenvalue weighted by molar-refractivity contribution is 5.68. The standard InChI is InChI=1S/C13H17FN2O4/c1-13(2,3)20-12(17)15-11(8-16(18)19)9-6-4-5-7-10(9)14/h4-7,11H,8H2,1-3H3,(H,15,17). The molecule has 1 aromatic carbocycles. The van der Waals surface area contributed by atoms with Crippen LogP contribution in [0.1, 0.15) is 32.4 Å². The van der Waals surface area contributed by atoms with E-state index in [1.54, 1.807) is 26.8 Å². The molecule has 1 amide bonds. The number of hydrogen-bond acceptors (Lipinski definition) is 4. The fourth-order valence-corrected chi connectivity index (χ4v) is 1.58. The lowest BCUT2D eigenvalue weighted by molar-refractivity contribution is -0.484. The van der Waals surface area contributed by atoms with E-state index in [0.717, 1.165) is 0 Å². The number of nitrogens with zero attached hydrogens (tertiary/aromatic N) is 1. The van der Waals surface area contributed by atoms with E-state index in [1.165, 1.54) is 18.2 Å². The van der Waals surface area contributed by atoms with Crippen molar-refractivity contribution in [2.45, 2.75) is 32.4 Å². The maximum atomic E-state index is 13.7. The SMILES string of the molecule is CC(C)(C)OC(=O)NC(C[N+](=O)[O-])c1ccccc1F. The second-order valence-electron chi connectivity index (χ2n) is 5.24. The average molecular weight is 284 g/mol. The van der Waals surface area contributed by atoms with Gasteiger partial charge in [-0.25, -0.2) is 9.18 Å². The topological polar surface area (TPSA) is 81.5 Å². The molecular weight excluding hydrogens is 267 g/mol. The van der Waals surface area contributed by atoms with Gasteiger partial charge in [0, 0.05) is 10.5 Å². The molecule has 1 aromatic rings. The van der Waals surface area contributed by atoms with Crippen LogP contribution in [0.2, 0.25) is 0 Å². The van der Waals surface area contributed by atoms with Crippen LogP contribution in [-0.2, 0) is 4.74 Å². The Morgan fingerprint density at radius 3 is 2.55 bits per heavy atom. The van der Waals surface area contributed by atoms with Gasteiger partial charge in [0.25, 0.3) is 0 Å². The molecular formula is C13H17FN2O4. The first-order valence-electron chi connectivity index (χ1n) is 6.05. The van der Waals surface area contributed by atoms with Gasteiger partial charge >= 0.3 is 6.09 Å². The molecule has 110 valence electrons. The lowest BCUT2D eigenvalue weighted by Gasteiger charge is -2.22. The number of nitrogens with one attached hydrogen (secondary N) is 1. The number of amides is 1. The summed E-state index contributed by atoms with van der Waals surface area (Å²) in [5, 5.41) is 13.0. The summed E-state index contributed by atoms with van der Waals surface area (Å²) in [7, 11) is 0. The molecule has 7 heteroatoms. The highest BCUT2D eigenvalue weighted by Crippen LogP contribution is 2.18. The predicted molar refractivity (Wildman–Crippen MR) is 70.4 cm³/mol. The summed E-state index contributed by atoms with van der Waals surface area (Å²) in [6.45, 7) is 4.37. The van der Waals surface area contributed by atoms with Crippen LogP contribution < -0.4 is 5.32 Å². The number of rotatable bonds is 4. The number of carbonyl (C=O) groups excluding carboxylic acids is 1. The van der Waals surface area contributed by atoms with Gasteiger partial charge in [-0.1, -0.05) is 18.2 Å². The Bertz CT molecular complexity index is 499. The quantitative estimate of drug-likeness (QED) is 0.680. The fourth-order valence-electron chi connectivity index (χ4n) is 1.58. The number of alkyl carbamates (subject to hydrolysis) is 1. The summed E-state index contributed by atoms with van der Waals surface area (Å²) < 4.78 is 18.7. The van der Waals surface area contributed by atoms with Crippen molar-refractivity contribution < 1.29 is 18.8 Å². The van der Waals surface area contributed by atoms with E-state index in [-0.39, 0.29) is 5.56 Å². The first kappa shape index (κ1) is 15.9. The van der Waals surface area contributed by atoms with Crippen molar-refractivity contribution in [1.29, 1.82) is 0 Å². The summed E-state index contributed by atoms with van der Waals surface area (Å²) in [5.74, 6) is -0.615. The minimum atomic E-state index is -1.08. The second-order valence-corrected chi connectivity index (χ2v) is 5.24. The molecule has 0 aliphatic rings. The van der Waals surface area contributed by atoms with Crippen LogP contribution in [0.25, 0.3) is 0 Å². The molecule has 1 atom stereocenters. The Hall–Kier alpha value is -2.18. The predicted octanol–water partition coefficient (Wildman–Crippen LogP) is 2.67. The molecule has 0 aromatic heterocycles. The van der Waals surface area contributed by atoms with Crippen molar-refractivity contribution >= 4 is 6.09 Å². The zero-order valence-electron chi connectivity index (χ0n) is 11.6. The number of hydrogen-bond donors (Lipinski definition) is 1. The van der Waals surface area contributed by atoms with Crippen LogP contribution in [0.3, 0.4) is 0 Å². The van der Waals surface area contributed by atoms with Crippen molar-refractivity contribution in [2.24, 2.45) is 0 Å². The Labute approximate surface area is 116 Å². The van der Waals surface area contributed by atoms with Gasteiger partial charge in [-0.3, -0.25) is 10.1 Å². The van der Waals surface area contributed by atoms with Crippen LogP contribution in [-0.4, -0.2) is 23.2 Å². The Morgan fingerprint density at radius 1 is 1.45 bits per heavy atom. The third kappa shape index (κ3) is 5.21. The zero-order valence-corrected chi connectivity index (χ0v) is 11.6. The Morgan fingerprint density at radius 2 is 2.05 bits per heavy atom. The van der Waals surface area contributed by atoms with Gasteiger partial charge < -0.3 is 10.1 Å². The molecule has 20 heavy (non-hydrogen) atoms. The lowest BCUT2D eigenvalue weighted by atomic mass is 10.1. The van der Waals surface area contributed by atoms with Gasteiger partial charge in [-0.15, -0.1) is 0 Å².